The maximum absolute atomic E-state index is 13.7. The van der Waals surface area contributed by atoms with Gasteiger partial charge in [-0.25, -0.2) is 9.59 Å². The molecular formula is C32H44N7O4+. The van der Waals surface area contributed by atoms with Gasteiger partial charge in [-0.2, -0.15) is 0 Å². The van der Waals surface area contributed by atoms with E-state index in [0.29, 0.717) is 58.3 Å². The van der Waals surface area contributed by atoms with E-state index in [4.69, 9.17) is 10.5 Å². The third-order valence-corrected chi connectivity index (χ3v) is 9.57. The van der Waals surface area contributed by atoms with Crippen LogP contribution in [0.1, 0.15) is 41.5 Å². The maximum atomic E-state index is 13.7. The smallest absolute Gasteiger partial charge is 0.410 e. The van der Waals surface area contributed by atoms with Gasteiger partial charge in [0.1, 0.15) is 0 Å². The lowest BCUT2D eigenvalue weighted by atomic mass is 9.99. The lowest BCUT2D eigenvalue weighted by molar-refractivity contribution is -0.637. The highest BCUT2D eigenvalue weighted by atomic mass is 16.6. The van der Waals surface area contributed by atoms with E-state index >= 15 is 0 Å². The van der Waals surface area contributed by atoms with Gasteiger partial charge in [0.2, 0.25) is 0 Å². The van der Waals surface area contributed by atoms with Crippen molar-refractivity contribution < 1.29 is 24.4 Å². The molecular weight excluding hydrogens is 546 g/mol. The Kier molecular flexibility index (Phi) is 8.45. The number of benzene rings is 2. The second-order valence-corrected chi connectivity index (χ2v) is 12.5. The average Bonchev–Trinajstić information content (AvgIpc) is 3.44. The van der Waals surface area contributed by atoms with E-state index in [1.54, 1.807) is 9.80 Å². The third-order valence-electron chi connectivity index (χ3n) is 9.57. The summed E-state index contributed by atoms with van der Waals surface area (Å²) in [6, 6.07) is 12.3. The van der Waals surface area contributed by atoms with Crippen LogP contribution in [-0.4, -0.2) is 102 Å². The van der Waals surface area contributed by atoms with Crippen LogP contribution in [0.15, 0.2) is 36.4 Å². The monoisotopic (exact) mass is 590 g/mol. The fourth-order valence-corrected chi connectivity index (χ4v) is 6.91. The SMILES string of the molecule is Cc1cc(CC(OC(=O)N2CCC(N3CCc4ccccc4NC3=O)CC2)C(=O)N2CN(C3CC[NH2+]C3)C2)cc(C)c1N. The van der Waals surface area contributed by atoms with Crippen LogP contribution in [-0.2, 0) is 22.4 Å². The minimum atomic E-state index is -0.917. The minimum Gasteiger partial charge on any atom is -0.436 e. The number of likely N-dealkylation sites (tertiary alicyclic amines) is 1. The van der Waals surface area contributed by atoms with E-state index in [2.05, 4.69) is 15.5 Å². The van der Waals surface area contributed by atoms with Gasteiger partial charge in [-0.15, -0.1) is 0 Å². The number of rotatable bonds is 6. The fourth-order valence-electron chi connectivity index (χ4n) is 6.91. The number of ether oxygens (including phenoxy) is 1. The summed E-state index contributed by atoms with van der Waals surface area (Å²) < 4.78 is 5.99. The van der Waals surface area contributed by atoms with Gasteiger partial charge in [0.25, 0.3) is 5.91 Å². The molecule has 2 aromatic rings. The summed E-state index contributed by atoms with van der Waals surface area (Å²) in [6.45, 7) is 8.80. The first-order valence-corrected chi connectivity index (χ1v) is 15.6. The van der Waals surface area contributed by atoms with E-state index in [1.807, 2.05) is 55.1 Å². The summed E-state index contributed by atoms with van der Waals surface area (Å²) in [6.07, 6.45) is 2.15. The Morgan fingerprint density at radius 2 is 1.74 bits per heavy atom. The summed E-state index contributed by atoms with van der Waals surface area (Å²) in [7, 11) is 0. The van der Waals surface area contributed by atoms with Crippen molar-refractivity contribution in [2.45, 2.75) is 64.1 Å². The first-order valence-electron chi connectivity index (χ1n) is 15.6. The van der Waals surface area contributed by atoms with Crippen LogP contribution in [0.4, 0.5) is 21.0 Å². The van der Waals surface area contributed by atoms with Crippen molar-refractivity contribution in [2.24, 2.45) is 0 Å². The molecule has 4 heterocycles. The van der Waals surface area contributed by atoms with Gasteiger partial charge in [-0.3, -0.25) is 9.69 Å². The third kappa shape index (κ3) is 6.28. The highest BCUT2D eigenvalue weighted by molar-refractivity contribution is 5.91. The number of urea groups is 1. The molecule has 4 amide bonds. The molecule has 230 valence electrons. The van der Waals surface area contributed by atoms with Crippen molar-refractivity contribution in [1.29, 1.82) is 0 Å². The van der Waals surface area contributed by atoms with E-state index in [9.17, 15) is 14.4 Å². The van der Waals surface area contributed by atoms with Crippen LogP contribution in [0.3, 0.4) is 0 Å². The zero-order valence-corrected chi connectivity index (χ0v) is 25.3. The van der Waals surface area contributed by atoms with Gasteiger partial charge in [-0.1, -0.05) is 30.3 Å². The summed E-state index contributed by atoms with van der Waals surface area (Å²) in [4.78, 5) is 47.8. The first-order chi connectivity index (χ1) is 20.8. The molecule has 3 fully saturated rings. The summed E-state index contributed by atoms with van der Waals surface area (Å²) in [5, 5.41) is 5.36. The number of quaternary nitrogens is 1. The van der Waals surface area contributed by atoms with Crippen molar-refractivity contribution in [2.75, 3.05) is 57.1 Å². The molecule has 5 N–H and O–H groups in total. The van der Waals surface area contributed by atoms with Crippen LogP contribution >= 0.6 is 0 Å². The Labute approximate surface area is 253 Å². The zero-order valence-electron chi connectivity index (χ0n) is 25.3. The molecule has 0 saturated carbocycles. The topological polar surface area (TPSA) is 128 Å². The molecule has 4 aliphatic heterocycles. The average molecular weight is 591 g/mol. The molecule has 0 spiro atoms. The van der Waals surface area contributed by atoms with Crippen LogP contribution in [0.25, 0.3) is 0 Å². The number of anilines is 2. The predicted octanol–water partition coefficient (Wildman–Crippen LogP) is 1.88. The molecule has 0 aliphatic carbocycles. The number of nitrogen functional groups attached to an aromatic ring is 1. The molecule has 11 nitrogen and oxygen atoms in total. The van der Waals surface area contributed by atoms with E-state index in [0.717, 1.165) is 59.6 Å². The number of carbonyl (C=O) groups excluding carboxylic acids is 3. The molecule has 6 rings (SSSR count). The summed E-state index contributed by atoms with van der Waals surface area (Å²) >= 11 is 0. The molecule has 11 heteroatoms. The number of hydrogen-bond acceptors (Lipinski definition) is 6. The highest BCUT2D eigenvalue weighted by Gasteiger charge is 2.40. The number of carbonyl (C=O) groups is 3. The number of amides is 4. The standard InChI is InChI=1S/C32H43N7O4/c1-21-15-23(16-22(2)29(21)33)17-28(30(40)38-19-37(20-38)26-7-11-34-18-26)43-32(42)36-12-9-25(10-13-36)39-14-8-24-5-3-4-6-27(24)35-31(39)41/h3-6,15-16,25-26,28,34H,7-14,17-20,33H2,1-2H3,(H,35,41)/p+1. The van der Waals surface area contributed by atoms with Crippen LogP contribution in [0.2, 0.25) is 0 Å². The van der Waals surface area contributed by atoms with Crippen molar-refractivity contribution in [3.63, 3.8) is 0 Å². The van der Waals surface area contributed by atoms with Crippen LogP contribution in [0.5, 0.6) is 0 Å². The zero-order chi connectivity index (χ0) is 30.1. The minimum absolute atomic E-state index is 0.0384. The van der Waals surface area contributed by atoms with Crippen LogP contribution in [0, 0.1) is 13.8 Å². The molecule has 0 radical (unpaired) electrons. The first kappa shape index (κ1) is 29.3. The van der Waals surface area contributed by atoms with Crippen LogP contribution < -0.4 is 16.4 Å². The number of piperidine rings is 1. The van der Waals surface area contributed by atoms with E-state index < -0.39 is 12.2 Å². The van der Waals surface area contributed by atoms with Gasteiger partial charge in [0, 0.05) is 49.9 Å². The number of aryl methyl sites for hydroxylation is 2. The van der Waals surface area contributed by atoms with E-state index in [-0.39, 0.29) is 18.0 Å². The Morgan fingerprint density at radius 1 is 1.02 bits per heavy atom. The number of nitrogens with one attached hydrogen (secondary N) is 1. The number of fused-ring (bicyclic) bond motifs is 1. The van der Waals surface area contributed by atoms with Crippen molar-refractivity contribution in [1.82, 2.24) is 19.6 Å². The van der Waals surface area contributed by atoms with Crippen molar-refractivity contribution in [3.05, 3.63) is 58.7 Å². The van der Waals surface area contributed by atoms with Gasteiger partial charge in [-0.05, 0) is 61.4 Å². The Bertz CT molecular complexity index is 1340. The van der Waals surface area contributed by atoms with Gasteiger partial charge in [0.05, 0.1) is 32.5 Å². The quantitative estimate of drug-likeness (QED) is 0.441. The highest BCUT2D eigenvalue weighted by Crippen LogP contribution is 2.26. The molecule has 2 atom stereocenters. The molecule has 0 bridgehead atoms. The number of nitrogens with zero attached hydrogens (tertiary/aromatic N) is 4. The van der Waals surface area contributed by atoms with Gasteiger partial charge >= 0.3 is 12.1 Å². The number of nitrogens with two attached hydrogens (primary N) is 2. The largest absolute Gasteiger partial charge is 0.436 e. The normalized spacial score (nSPS) is 22.0. The van der Waals surface area contributed by atoms with Gasteiger partial charge in [0.15, 0.2) is 6.10 Å². The molecule has 43 heavy (non-hydrogen) atoms. The van der Waals surface area contributed by atoms with Gasteiger partial charge < -0.3 is 35.8 Å². The fraction of sp³-hybridized carbons (Fsp3) is 0.531. The second-order valence-electron chi connectivity index (χ2n) is 12.5. The Morgan fingerprint density at radius 3 is 2.44 bits per heavy atom. The molecule has 2 unspecified atom stereocenters. The molecule has 0 aromatic heterocycles. The molecule has 4 aliphatic rings. The predicted molar refractivity (Wildman–Crippen MR) is 163 cm³/mol. The maximum Gasteiger partial charge on any atom is 0.410 e. The number of para-hydroxylation sites is 1. The second kappa shape index (κ2) is 12.4. The molecule has 3 saturated heterocycles. The van der Waals surface area contributed by atoms with Crippen molar-refractivity contribution >= 4 is 29.4 Å². The lowest BCUT2D eigenvalue weighted by Gasteiger charge is -2.45. The summed E-state index contributed by atoms with van der Waals surface area (Å²) in [5.41, 5.74) is 11.7. The Balaban J connectivity index is 1.08. The van der Waals surface area contributed by atoms with E-state index in [1.165, 1.54) is 0 Å². The number of hydrogen-bond donors (Lipinski definition) is 3. The Hall–Kier alpha value is -3.83. The molecule has 2 aromatic carbocycles. The lowest BCUT2D eigenvalue weighted by Crippen LogP contribution is -2.82. The summed E-state index contributed by atoms with van der Waals surface area (Å²) in [5.74, 6) is -0.158. The van der Waals surface area contributed by atoms with Crippen molar-refractivity contribution in [3.8, 4) is 0 Å².